The van der Waals surface area contributed by atoms with Gasteiger partial charge in [-0.15, -0.1) is 0 Å². The van der Waals surface area contributed by atoms with Crippen LogP contribution in [0.4, 0.5) is 11.4 Å². The first-order valence-corrected chi connectivity index (χ1v) is 8.63. The van der Waals surface area contributed by atoms with Crippen molar-refractivity contribution >= 4 is 34.8 Å². The topological polar surface area (TPSA) is 75.4 Å². The van der Waals surface area contributed by atoms with Crippen LogP contribution in [0.15, 0.2) is 53.1 Å². The lowest BCUT2D eigenvalue weighted by molar-refractivity contribution is -0.116. The van der Waals surface area contributed by atoms with E-state index in [2.05, 4.69) is 10.5 Å². The summed E-state index contributed by atoms with van der Waals surface area (Å²) < 4.78 is 5.23. The van der Waals surface area contributed by atoms with Gasteiger partial charge in [0, 0.05) is 30.9 Å². The third-order valence-corrected chi connectivity index (χ3v) is 4.53. The van der Waals surface area contributed by atoms with E-state index in [1.165, 1.54) is 11.8 Å². The Morgan fingerprint density at radius 2 is 1.78 bits per heavy atom. The molecule has 3 aromatic rings. The van der Waals surface area contributed by atoms with Crippen LogP contribution in [0.1, 0.15) is 23.0 Å². The quantitative estimate of drug-likeness (QED) is 0.717. The van der Waals surface area contributed by atoms with E-state index in [4.69, 9.17) is 16.1 Å². The molecule has 1 N–H and O–H groups in total. The minimum absolute atomic E-state index is 0.0729. The number of carbonyl (C=O) groups is 2. The second-order valence-corrected chi connectivity index (χ2v) is 6.43. The van der Waals surface area contributed by atoms with Crippen LogP contribution in [0.5, 0.6) is 0 Å². The Hall–Kier alpha value is -3.12. The van der Waals surface area contributed by atoms with E-state index in [9.17, 15) is 9.59 Å². The number of nitrogens with zero attached hydrogens (tertiary/aromatic N) is 2. The van der Waals surface area contributed by atoms with Gasteiger partial charge in [0.25, 0.3) is 5.91 Å². The Balaban J connectivity index is 1.86. The van der Waals surface area contributed by atoms with Crippen molar-refractivity contribution in [3.8, 4) is 11.3 Å². The van der Waals surface area contributed by atoms with Gasteiger partial charge in [-0.2, -0.15) is 0 Å². The summed E-state index contributed by atoms with van der Waals surface area (Å²) in [5.41, 5.74) is 2.67. The zero-order chi connectivity index (χ0) is 19.6. The Bertz CT molecular complexity index is 996. The summed E-state index contributed by atoms with van der Waals surface area (Å²) in [6, 6.07) is 14.1. The van der Waals surface area contributed by atoms with E-state index < -0.39 is 0 Å². The van der Waals surface area contributed by atoms with Crippen LogP contribution in [0.2, 0.25) is 5.02 Å². The number of aromatic nitrogens is 1. The summed E-state index contributed by atoms with van der Waals surface area (Å²) in [7, 11) is 1.69. The van der Waals surface area contributed by atoms with Crippen LogP contribution in [0.3, 0.4) is 0 Å². The third-order valence-electron chi connectivity index (χ3n) is 4.20. The molecule has 0 saturated carbocycles. The van der Waals surface area contributed by atoms with Crippen molar-refractivity contribution in [1.82, 2.24) is 5.16 Å². The molecule has 0 atom stereocenters. The normalized spacial score (nSPS) is 10.5. The highest BCUT2D eigenvalue weighted by molar-refractivity contribution is 6.33. The number of aryl methyl sites for hydroxylation is 1. The molecule has 0 fully saturated rings. The number of hydrogen-bond donors (Lipinski definition) is 1. The van der Waals surface area contributed by atoms with Crippen molar-refractivity contribution in [1.29, 1.82) is 0 Å². The molecule has 0 spiro atoms. The standard InChI is InChI=1S/C20H18ClN3O3/c1-12-18(19(23-27-12)16-6-4-5-7-17(16)21)20(26)22-14-8-10-15(11-9-14)24(3)13(2)25/h4-11H,1-3H3,(H,22,26). The Morgan fingerprint density at radius 1 is 1.11 bits per heavy atom. The van der Waals surface area contributed by atoms with Crippen molar-refractivity contribution in [2.24, 2.45) is 0 Å². The van der Waals surface area contributed by atoms with Crippen molar-refractivity contribution < 1.29 is 14.1 Å². The molecule has 0 aliphatic heterocycles. The monoisotopic (exact) mass is 383 g/mol. The van der Waals surface area contributed by atoms with Crippen LogP contribution < -0.4 is 10.2 Å². The van der Waals surface area contributed by atoms with E-state index in [-0.39, 0.29) is 11.8 Å². The maximum atomic E-state index is 12.8. The summed E-state index contributed by atoms with van der Waals surface area (Å²) in [4.78, 5) is 25.8. The molecule has 0 aliphatic rings. The van der Waals surface area contributed by atoms with E-state index in [1.807, 2.05) is 6.07 Å². The molecule has 7 heteroatoms. The lowest BCUT2D eigenvalue weighted by atomic mass is 10.1. The molecule has 27 heavy (non-hydrogen) atoms. The van der Waals surface area contributed by atoms with Gasteiger partial charge < -0.3 is 14.7 Å². The number of amides is 2. The van der Waals surface area contributed by atoms with Gasteiger partial charge in [-0.1, -0.05) is 35.0 Å². The lowest BCUT2D eigenvalue weighted by Gasteiger charge is -2.15. The highest BCUT2D eigenvalue weighted by Crippen LogP contribution is 2.31. The number of benzene rings is 2. The Labute approximate surface area is 161 Å². The van der Waals surface area contributed by atoms with Crippen LogP contribution in [0.25, 0.3) is 11.3 Å². The third kappa shape index (κ3) is 3.85. The molecule has 0 aliphatic carbocycles. The van der Waals surface area contributed by atoms with Crippen LogP contribution in [-0.2, 0) is 4.79 Å². The van der Waals surface area contributed by atoms with Crippen LogP contribution in [0, 0.1) is 6.92 Å². The zero-order valence-electron chi connectivity index (χ0n) is 15.1. The average molecular weight is 384 g/mol. The first kappa shape index (κ1) is 18.7. The van der Waals surface area contributed by atoms with Crippen molar-refractivity contribution in [2.45, 2.75) is 13.8 Å². The molecule has 2 aromatic carbocycles. The molecule has 1 heterocycles. The summed E-state index contributed by atoms with van der Waals surface area (Å²) in [5.74, 6) is -0.0250. The molecule has 0 bridgehead atoms. The average Bonchev–Trinajstić information content (AvgIpc) is 3.03. The fourth-order valence-corrected chi connectivity index (χ4v) is 2.85. The lowest BCUT2D eigenvalue weighted by Crippen LogP contribution is -2.22. The maximum absolute atomic E-state index is 12.8. The summed E-state index contributed by atoms with van der Waals surface area (Å²) in [6.07, 6.45) is 0. The number of carbonyl (C=O) groups excluding carboxylic acids is 2. The maximum Gasteiger partial charge on any atom is 0.261 e. The van der Waals surface area contributed by atoms with E-state index in [0.717, 1.165) is 5.69 Å². The summed E-state index contributed by atoms with van der Waals surface area (Å²) >= 11 is 6.23. The van der Waals surface area contributed by atoms with Gasteiger partial charge in [0.1, 0.15) is 17.0 Å². The summed E-state index contributed by atoms with van der Waals surface area (Å²) in [5, 5.41) is 7.31. The van der Waals surface area contributed by atoms with Gasteiger partial charge in [0.05, 0.1) is 5.02 Å². The minimum Gasteiger partial charge on any atom is -0.360 e. The van der Waals surface area contributed by atoms with E-state index >= 15 is 0 Å². The summed E-state index contributed by atoms with van der Waals surface area (Å²) in [6.45, 7) is 3.16. The van der Waals surface area contributed by atoms with Gasteiger partial charge in [0.2, 0.25) is 5.91 Å². The van der Waals surface area contributed by atoms with Crippen LogP contribution >= 0.6 is 11.6 Å². The molecular weight excluding hydrogens is 366 g/mol. The van der Waals surface area contributed by atoms with E-state index in [1.54, 1.807) is 56.4 Å². The Kier molecular flexibility index (Phi) is 5.28. The van der Waals surface area contributed by atoms with E-state index in [0.29, 0.717) is 33.3 Å². The van der Waals surface area contributed by atoms with Gasteiger partial charge in [-0.05, 0) is 37.3 Å². The second kappa shape index (κ2) is 7.63. The first-order valence-electron chi connectivity index (χ1n) is 8.25. The fourth-order valence-electron chi connectivity index (χ4n) is 2.62. The second-order valence-electron chi connectivity index (χ2n) is 6.02. The first-order chi connectivity index (χ1) is 12.9. The van der Waals surface area contributed by atoms with Gasteiger partial charge in [0.15, 0.2) is 0 Å². The molecule has 1 aromatic heterocycles. The Morgan fingerprint density at radius 3 is 2.41 bits per heavy atom. The molecular formula is C20H18ClN3O3. The van der Waals surface area contributed by atoms with Crippen LogP contribution in [-0.4, -0.2) is 24.0 Å². The van der Waals surface area contributed by atoms with Gasteiger partial charge in [-0.3, -0.25) is 9.59 Å². The number of nitrogens with one attached hydrogen (secondary N) is 1. The molecule has 0 radical (unpaired) electrons. The van der Waals surface area contributed by atoms with Crippen molar-refractivity contribution in [3.05, 3.63) is 64.9 Å². The fraction of sp³-hybridized carbons (Fsp3) is 0.150. The molecule has 6 nitrogen and oxygen atoms in total. The highest BCUT2D eigenvalue weighted by atomic mass is 35.5. The molecule has 3 rings (SSSR count). The van der Waals surface area contributed by atoms with Crippen molar-refractivity contribution in [3.63, 3.8) is 0 Å². The van der Waals surface area contributed by atoms with Gasteiger partial charge >= 0.3 is 0 Å². The molecule has 0 saturated heterocycles. The SMILES string of the molecule is CC(=O)N(C)c1ccc(NC(=O)c2c(-c3ccccc3Cl)noc2C)cc1. The smallest absolute Gasteiger partial charge is 0.261 e. The van der Waals surface area contributed by atoms with Crippen molar-refractivity contribution in [2.75, 3.05) is 17.3 Å². The largest absolute Gasteiger partial charge is 0.360 e. The van der Waals surface area contributed by atoms with Gasteiger partial charge in [-0.25, -0.2) is 0 Å². The number of halogens is 1. The number of hydrogen-bond acceptors (Lipinski definition) is 4. The zero-order valence-corrected chi connectivity index (χ0v) is 15.9. The number of anilines is 2. The highest BCUT2D eigenvalue weighted by Gasteiger charge is 2.23. The minimum atomic E-state index is -0.351. The predicted molar refractivity (Wildman–Crippen MR) is 105 cm³/mol. The predicted octanol–water partition coefficient (Wildman–Crippen LogP) is 4.54. The molecule has 0 unspecified atom stereocenters. The molecule has 138 valence electrons. The molecule has 2 amide bonds. The number of rotatable bonds is 4.